The topological polar surface area (TPSA) is 47.8 Å². The lowest BCUT2D eigenvalue weighted by Gasteiger charge is -2.37. The van der Waals surface area contributed by atoms with Crippen LogP contribution >= 0.6 is 11.6 Å². The molecule has 1 heterocycles. The fourth-order valence-corrected chi connectivity index (χ4v) is 2.81. The molecule has 5 heteroatoms. The van der Waals surface area contributed by atoms with Crippen LogP contribution in [0.3, 0.4) is 0 Å². The molecule has 0 atom stereocenters. The Morgan fingerprint density at radius 2 is 2.05 bits per heavy atom. The highest BCUT2D eigenvalue weighted by molar-refractivity contribution is 6.30. The van der Waals surface area contributed by atoms with Crippen LogP contribution < -0.4 is 14.9 Å². The maximum absolute atomic E-state index is 11.1. The zero-order valence-electron chi connectivity index (χ0n) is 12.0. The second kappa shape index (κ2) is 6.02. The molecule has 0 amide bonds. The highest BCUT2D eigenvalue weighted by atomic mass is 35.5. The first kappa shape index (κ1) is 15.1. The van der Waals surface area contributed by atoms with Crippen LogP contribution in [-0.4, -0.2) is 38.7 Å². The average Bonchev–Trinajstić information content (AvgIpc) is 2.39. The Morgan fingerprint density at radius 3 is 2.60 bits per heavy atom. The van der Waals surface area contributed by atoms with Crippen LogP contribution in [0.2, 0.25) is 5.02 Å². The minimum absolute atomic E-state index is 0.610. The maximum Gasteiger partial charge on any atom is 0.0949 e. The van der Waals surface area contributed by atoms with Crippen molar-refractivity contribution < 1.29 is 14.8 Å². The van der Waals surface area contributed by atoms with Crippen molar-refractivity contribution in [2.24, 2.45) is 5.41 Å². The van der Waals surface area contributed by atoms with Crippen LogP contribution in [0.25, 0.3) is 0 Å². The Morgan fingerprint density at radius 1 is 1.40 bits per heavy atom. The predicted molar refractivity (Wildman–Crippen MR) is 78.0 cm³/mol. The number of piperazine rings is 1. The molecule has 0 radical (unpaired) electrons. The van der Waals surface area contributed by atoms with E-state index in [0.29, 0.717) is 6.54 Å². The number of halogens is 1. The third-order valence-corrected chi connectivity index (χ3v) is 4.12. The first-order valence-electron chi connectivity index (χ1n) is 6.94. The lowest BCUT2D eigenvalue weighted by molar-refractivity contribution is -0.906. The maximum atomic E-state index is 11.1. The van der Waals surface area contributed by atoms with Gasteiger partial charge < -0.3 is 19.7 Å². The van der Waals surface area contributed by atoms with Gasteiger partial charge in [0.15, 0.2) is 0 Å². The number of aliphatic carboxylic acids is 1. The quantitative estimate of drug-likeness (QED) is 0.839. The van der Waals surface area contributed by atoms with Crippen LogP contribution in [-0.2, 0) is 4.79 Å². The van der Waals surface area contributed by atoms with Crippen molar-refractivity contribution >= 4 is 23.3 Å². The molecule has 1 fully saturated rings. The predicted octanol–water partition coefficient (Wildman–Crippen LogP) is -0.179. The number of carbonyl (C=O) groups is 1. The summed E-state index contributed by atoms with van der Waals surface area (Å²) in [5.41, 5.74) is 0.365. The van der Waals surface area contributed by atoms with Crippen LogP contribution in [0.15, 0.2) is 24.3 Å². The molecule has 0 aliphatic carbocycles. The van der Waals surface area contributed by atoms with E-state index in [-0.39, 0.29) is 0 Å². The summed E-state index contributed by atoms with van der Waals surface area (Å²) in [7, 11) is 0. The summed E-state index contributed by atoms with van der Waals surface area (Å²) >= 11 is 6.01. The number of carbonyl (C=O) groups excluding carboxylic acids is 1. The molecule has 110 valence electrons. The SMILES string of the molecule is CC(C)(C[NH+]1CCN(c2cccc(Cl)c2)CC1)C(=O)[O-]. The zero-order valence-corrected chi connectivity index (χ0v) is 12.7. The number of rotatable bonds is 4. The monoisotopic (exact) mass is 296 g/mol. The van der Waals surface area contributed by atoms with Crippen molar-refractivity contribution in [3.8, 4) is 0 Å². The molecule has 1 aliphatic heterocycles. The fraction of sp³-hybridized carbons (Fsp3) is 0.533. The van der Waals surface area contributed by atoms with E-state index < -0.39 is 11.4 Å². The summed E-state index contributed by atoms with van der Waals surface area (Å²) in [4.78, 5) is 14.7. The molecular formula is C15H21ClN2O2. The van der Waals surface area contributed by atoms with Crippen LogP contribution in [0, 0.1) is 5.41 Å². The van der Waals surface area contributed by atoms with E-state index in [1.165, 1.54) is 4.90 Å². The van der Waals surface area contributed by atoms with E-state index in [9.17, 15) is 9.90 Å². The molecule has 1 aromatic carbocycles. The Hall–Kier alpha value is -1.26. The number of hydrogen-bond acceptors (Lipinski definition) is 3. The molecule has 1 aromatic rings. The van der Waals surface area contributed by atoms with E-state index in [2.05, 4.69) is 11.0 Å². The molecule has 4 nitrogen and oxygen atoms in total. The summed E-state index contributed by atoms with van der Waals surface area (Å²) in [6, 6.07) is 7.85. The van der Waals surface area contributed by atoms with Crippen molar-refractivity contribution in [2.75, 3.05) is 37.6 Å². The summed E-state index contributed by atoms with van der Waals surface area (Å²) in [6.07, 6.45) is 0. The number of carboxylic acids is 1. The van der Waals surface area contributed by atoms with Gasteiger partial charge >= 0.3 is 0 Å². The minimum Gasteiger partial charge on any atom is -0.549 e. The van der Waals surface area contributed by atoms with Gasteiger partial charge in [-0.1, -0.05) is 17.7 Å². The third kappa shape index (κ3) is 3.64. The molecule has 1 N–H and O–H groups in total. The lowest BCUT2D eigenvalue weighted by Crippen LogP contribution is -3.16. The number of benzene rings is 1. The van der Waals surface area contributed by atoms with Crippen LogP contribution in [0.5, 0.6) is 0 Å². The number of nitrogens with zero attached hydrogens (tertiary/aromatic N) is 1. The second-order valence-corrected chi connectivity index (χ2v) is 6.50. The second-order valence-electron chi connectivity index (χ2n) is 6.07. The van der Waals surface area contributed by atoms with Gasteiger partial charge in [0.2, 0.25) is 0 Å². The first-order valence-corrected chi connectivity index (χ1v) is 7.32. The van der Waals surface area contributed by atoms with Crippen LogP contribution in [0.1, 0.15) is 13.8 Å². The van der Waals surface area contributed by atoms with E-state index >= 15 is 0 Å². The molecular weight excluding hydrogens is 276 g/mol. The zero-order chi connectivity index (χ0) is 14.8. The third-order valence-electron chi connectivity index (χ3n) is 3.89. The molecule has 0 aromatic heterocycles. The highest BCUT2D eigenvalue weighted by Crippen LogP contribution is 2.19. The van der Waals surface area contributed by atoms with E-state index in [1.807, 2.05) is 18.2 Å². The summed E-state index contributed by atoms with van der Waals surface area (Å²) in [6.45, 7) is 7.78. The van der Waals surface area contributed by atoms with Gasteiger partial charge in [0.05, 0.1) is 44.1 Å². The molecule has 1 saturated heterocycles. The summed E-state index contributed by atoms with van der Waals surface area (Å²) < 4.78 is 0. The van der Waals surface area contributed by atoms with Gasteiger partial charge in [-0.3, -0.25) is 0 Å². The Balaban J connectivity index is 1.91. The average molecular weight is 297 g/mol. The van der Waals surface area contributed by atoms with Gasteiger partial charge in [-0.25, -0.2) is 0 Å². The number of anilines is 1. The molecule has 0 bridgehead atoms. The molecule has 2 rings (SSSR count). The Kier molecular flexibility index (Phi) is 4.55. The number of hydrogen-bond donors (Lipinski definition) is 1. The van der Waals surface area contributed by atoms with Crippen molar-refractivity contribution in [3.05, 3.63) is 29.3 Å². The number of carboxylic acid groups (broad SMARTS) is 1. The minimum atomic E-state index is -0.970. The standard InChI is InChI=1S/C15H21ClN2O2/c1-15(2,14(19)20)11-17-6-8-18(9-7-17)13-5-3-4-12(16)10-13/h3-5,10H,6-9,11H2,1-2H3,(H,19,20). The van der Waals surface area contributed by atoms with Crippen LogP contribution in [0.4, 0.5) is 5.69 Å². The van der Waals surface area contributed by atoms with Gasteiger partial charge in [0.1, 0.15) is 0 Å². The molecule has 0 unspecified atom stereocenters. The van der Waals surface area contributed by atoms with E-state index in [1.54, 1.807) is 13.8 Å². The van der Waals surface area contributed by atoms with Gasteiger partial charge in [0, 0.05) is 10.7 Å². The smallest absolute Gasteiger partial charge is 0.0949 e. The molecule has 0 spiro atoms. The normalized spacial score (nSPS) is 17.2. The highest BCUT2D eigenvalue weighted by Gasteiger charge is 2.29. The van der Waals surface area contributed by atoms with E-state index in [0.717, 1.165) is 36.9 Å². The van der Waals surface area contributed by atoms with Gasteiger partial charge in [0.25, 0.3) is 0 Å². The largest absolute Gasteiger partial charge is 0.549 e. The molecule has 1 aliphatic rings. The van der Waals surface area contributed by atoms with Gasteiger partial charge in [-0.15, -0.1) is 0 Å². The van der Waals surface area contributed by atoms with Gasteiger partial charge in [-0.2, -0.15) is 0 Å². The van der Waals surface area contributed by atoms with E-state index in [4.69, 9.17) is 11.6 Å². The lowest BCUT2D eigenvalue weighted by atomic mass is 9.93. The number of nitrogens with one attached hydrogen (secondary N) is 1. The van der Waals surface area contributed by atoms with Crippen molar-refractivity contribution in [2.45, 2.75) is 13.8 Å². The number of quaternary nitrogens is 1. The van der Waals surface area contributed by atoms with Gasteiger partial charge in [-0.05, 0) is 32.0 Å². The fourth-order valence-electron chi connectivity index (χ4n) is 2.63. The Bertz CT molecular complexity index is 483. The molecule has 20 heavy (non-hydrogen) atoms. The van der Waals surface area contributed by atoms with Crippen molar-refractivity contribution in [3.63, 3.8) is 0 Å². The summed E-state index contributed by atoms with van der Waals surface area (Å²) in [5.74, 6) is -0.970. The Labute approximate surface area is 124 Å². The summed E-state index contributed by atoms with van der Waals surface area (Å²) in [5, 5.41) is 11.8. The molecule has 0 saturated carbocycles. The van der Waals surface area contributed by atoms with Crippen molar-refractivity contribution in [1.82, 2.24) is 0 Å². The van der Waals surface area contributed by atoms with Crippen molar-refractivity contribution in [1.29, 1.82) is 0 Å². The first-order chi connectivity index (χ1) is 9.38.